The van der Waals surface area contributed by atoms with Gasteiger partial charge in [0.2, 0.25) is 0 Å². The van der Waals surface area contributed by atoms with E-state index in [-0.39, 0.29) is 5.92 Å². The number of furan rings is 2. The van der Waals surface area contributed by atoms with Gasteiger partial charge < -0.3 is 14.2 Å². The second-order valence-corrected chi connectivity index (χ2v) is 5.02. The van der Waals surface area contributed by atoms with Crippen LogP contribution in [-0.2, 0) is 6.54 Å². The van der Waals surface area contributed by atoms with Gasteiger partial charge in [-0.05, 0) is 42.8 Å². The number of hydrogen-bond donors (Lipinski definition) is 1. The van der Waals surface area contributed by atoms with E-state index in [0.29, 0.717) is 0 Å². The first-order chi connectivity index (χ1) is 10.4. The van der Waals surface area contributed by atoms with Crippen molar-refractivity contribution in [3.8, 4) is 0 Å². The summed E-state index contributed by atoms with van der Waals surface area (Å²) in [6, 6.07) is 18.4. The van der Waals surface area contributed by atoms with E-state index in [1.807, 2.05) is 30.3 Å². The van der Waals surface area contributed by atoms with Crippen LogP contribution in [0.15, 0.2) is 76.0 Å². The van der Waals surface area contributed by atoms with Crippen LogP contribution in [0.2, 0.25) is 0 Å². The van der Waals surface area contributed by atoms with Crippen LogP contribution in [0.1, 0.15) is 29.4 Å². The predicted molar refractivity (Wildman–Crippen MR) is 82.0 cm³/mol. The molecule has 1 N–H and O–H groups in total. The van der Waals surface area contributed by atoms with E-state index < -0.39 is 0 Å². The summed E-state index contributed by atoms with van der Waals surface area (Å²) in [6.07, 6.45) is 4.42. The molecular formula is C18H19NO2. The molecule has 0 saturated heterocycles. The van der Waals surface area contributed by atoms with E-state index in [4.69, 9.17) is 8.83 Å². The molecule has 0 saturated carbocycles. The van der Waals surface area contributed by atoms with Gasteiger partial charge in [0.15, 0.2) is 0 Å². The molecule has 1 aromatic carbocycles. The van der Waals surface area contributed by atoms with Crippen LogP contribution in [0.3, 0.4) is 0 Å². The Balaban J connectivity index is 1.61. The summed E-state index contributed by atoms with van der Waals surface area (Å²) in [5, 5.41) is 3.41. The monoisotopic (exact) mass is 281 g/mol. The molecule has 0 amide bonds. The fraction of sp³-hybridized carbons (Fsp3) is 0.222. The Labute approximate surface area is 124 Å². The van der Waals surface area contributed by atoms with Crippen LogP contribution < -0.4 is 5.32 Å². The Morgan fingerprint density at radius 3 is 2.38 bits per heavy atom. The van der Waals surface area contributed by atoms with Crippen LogP contribution in [-0.4, -0.2) is 6.54 Å². The fourth-order valence-corrected chi connectivity index (χ4v) is 2.52. The zero-order valence-electron chi connectivity index (χ0n) is 11.9. The molecule has 0 aliphatic carbocycles. The Morgan fingerprint density at radius 2 is 1.67 bits per heavy atom. The Kier molecular flexibility index (Phi) is 4.54. The maximum atomic E-state index is 5.61. The fourth-order valence-electron chi connectivity index (χ4n) is 2.52. The van der Waals surface area contributed by atoms with Gasteiger partial charge in [-0.25, -0.2) is 0 Å². The van der Waals surface area contributed by atoms with Crippen LogP contribution in [0.25, 0.3) is 0 Å². The summed E-state index contributed by atoms with van der Waals surface area (Å²) in [5.74, 6) is 2.26. The molecule has 0 aliphatic rings. The smallest absolute Gasteiger partial charge is 0.117 e. The van der Waals surface area contributed by atoms with Crippen LogP contribution >= 0.6 is 0 Å². The van der Waals surface area contributed by atoms with Gasteiger partial charge >= 0.3 is 0 Å². The molecule has 3 nitrogen and oxygen atoms in total. The second kappa shape index (κ2) is 6.95. The minimum atomic E-state index is 0.283. The number of benzene rings is 1. The van der Waals surface area contributed by atoms with Crippen molar-refractivity contribution in [3.63, 3.8) is 0 Å². The van der Waals surface area contributed by atoms with E-state index in [1.54, 1.807) is 12.5 Å². The number of nitrogens with one attached hydrogen (secondary N) is 1. The molecule has 21 heavy (non-hydrogen) atoms. The lowest BCUT2D eigenvalue weighted by Crippen LogP contribution is -2.17. The summed E-state index contributed by atoms with van der Waals surface area (Å²) in [4.78, 5) is 0. The molecule has 0 bridgehead atoms. The van der Waals surface area contributed by atoms with E-state index in [1.165, 1.54) is 5.56 Å². The molecule has 3 heteroatoms. The van der Waals surface area contributed by atoms with E-state index in [2.05, 4.69) is 29.6 Å². The lowest BCUT2D eigenvalue weighted by atomic mass is 9.93. The first-order valence-electron chi connectivity index (χ1n) is 7.25. The molecule has 3 aromatic rings. The molecule has 0 fully saturated rings. The van der Waals surface area contributed by atoms with Crippen LogP contribution in [0.5, 0.6) is 0 Å². The standard InChI is InChI=1S/C18H19NO2/c1-2-6-15(7-3-1)17(18-9-5-13-21-18)10-11-19-14-16-8-4-12-20-16/h1-9,12-13,17,19H,10-11,14H2/t17-/m0/s1. The quantitative estimate of drug-likeness (QED) is 0.660. The topological polar surface area (TPSA) is 38.3 Å². The molecule has 2 heterocycles. The van der Waals surface area contributed by atoms with Gasteiger partial charge in [0, 0.05) is 5.92 Å². The summed E-state index contributed by atoms with van der Waals surface area (Å²) >= 11 is 0. The third-order valence-electron chi connectivity index (χ3n) is 3.58. The van der Waals surface area contributed by atoms with Crippen molar-refractivity contribution in [2.24, 2.45) is 0 Å². The normalized spacial score (nSPS) is 12.4. The van der Waals surface area contributed by atoms with Crippen molar-refractivity contribution in [1.82, 2.24) is 5.32 Å². The third-order valence-corrected chi connectivity index (χ3v) is 3.58. The zero-order chi connectivity index (χ0) is 14.3. The number of hydrogen-bond acceptors (Lipinski definition) is 3. The van der Waals surface area contributed by atoms with Gasteiger partial charge in [-0.3, -0.25) is 0 Å². The first kappa shape index (κ1) is 13.7. The molecule has 2 aromatic heterocycles. The van der Waals surface area contributed by atoms with E-state index in [9.17, 15) is 0 Å². The Morgan fingerprint density at radius 1 is 0.857 bits per heavy atom. The van der Waals surface area contributed by atoms with E-state index >= 15 is 0 Å². The molecular weight excluding hydrogens is 262 g/mol. The first-order valence-corrected chi connectivity index (χ1v) is 7.25. The molecule has 108 valence electrons. The van der Waals surface area contributed by atoms with Crippen molar-refractivity contribution in [2.75, 3.05) is 6.54 Å². The minimum absolute atomic E-state index is 0.283. The highest BCUT2D eigenvalue weighted by Crippen LogP contribution is 2.27. The molecule has 0 spiro atoms. The predicted octanol–water partition coefficient (Wildman–Crippen LogP) is 4.18. The summed E-state index contributed by atoms with van der Waals surface area (Å²) < 4.78 is 10.9. The average Bonchev–Trinajstić information content (AvgIpc) is 3.21. The van der Waals surface area contributed by atoms with Crippen molar-refractivity contribution >= 4 is 0 Å². The van der Waals surface area contributed by atoms with Gasteiger partial charge in [0.05, 0.1) is 19.1 Å². The van der Waals surface area contributed by atoms with Crippen molar-refractivity contribution in [1.29, 1.82) is 0 Å². The maximum absolute atomic E-state index is 5.61. The molecule has 0 aliphatic heterocycles. The highest BCUT2D eigenvalue weighted by molar-refractivity contribution is 5.27. The Hall–Kier alpha value is -2.26. The van der Waals surface area contributed by atoms with Gasteiger partial charge in [0.25, 0.3) is 0 Å². The lowest BCUT2D eigenvalue weighted by molar-refractivity contribution is 0.452. The van der Waals surface area contributed by atoms with Crippen LogP contribution in [0, 0.1) is 0 Å². The largest absolute Gasteiger partial charge is 0.469 e. The highest BCUT2D eigenvalue weighted by atomic mass is 16.3. The number of rotatable bonds is 7. The van der Waals surface area contributed by atoms with Gasteiger partial charge in [-0.2, -0.15) is 0 Å². The summed E-state index contributed by atoms with van der Waals surface area (Å²) in [7, 11) is 0. The van der Waals surface area contributed by atoms with Gasteiger partial charge in [-0.1, -0.05) is 30.3 Å². The average molecular weight is 281 g/mol. The third kappa shape index (κ3) is 3.64. The summed E-state index contributed by atoms with van der Waals surface area (Å²) in [5.41, 5.74) is 1.28. The summed E-state index contributed by atoms with van der Waals surface area (Å²) in [6.45, 7) is 1.66. The van der Waals surface area contributed by atoms with Crippen molar-refractivity contribution < 1.29 is 8.83 Å². The maximum Gasteiger partial charge on any atom is 0.117 e. The van der Waals surface area contributed by atoms with E-state index in [0.717, 1.165) is 31.0 Å². The molecule has 1 atom stereocenters. The van der Waals surface area contributed by atoms with Crippen LogP contribution in [0.4, 0.5) is 0 Å². The zero-order valence-corrected chi connectivity index (χ0v) is 11.9. The SMILES string of the molecule is c1ccc([C@H](CCNCc2ccco2)c2ccco2)cc1. The molecule has 0 radical (unpaired) electrons. The Bertz CT molecular complexity index is 615. The molecule has 0 unspecified atom stereocenters. The molecule has 3 rings (SSSR count). The second-order valence-electron chi connectivity index (χ2n) is 5.02. The lowest BCUT2D eigenvalue weighted by Gasteiger charge is -2.15. The van der Waals surface area contributed by atoms with Gasteiger partial charge in [-0.15, -0.1) is 0 Å². The highest BCUT2D eigenvalue weighted by Gasteiger charge is 2.16. The van der Waals surface area contributed by atoms with Gasteiger partial charge in [0.1, 0.15) is 11.5 Å². The van der Waals surface area contributed by atoms with Crippen molar-refractivity contribution in [3.05, 3.63) is 84.2 Å². The minimum Gasteiger partial charge on any atom is -0.469 e. The van der Waals surface area contributed by atoms with Crippen molar-refractivity contribution in [2.45, 2.75) is 18.9 Å².